The third kappa shape index (κ3) is 3.32. The van der Waals surface area contributed by atoms with Crippen LogP contribution in [0.2, 0.25) is 0 Å². The van der Waals surface area contributed by atoms with Gasteiger partial charge >= 0.3 is 0 Å². The number of anilines is 1. The molecule has 0 atom stereocenters. The Labute approximate surface area is 206 Å². The summed E-state index contributed by atoms with van der Waals surface area (Å²) >= 11 is 0. The Morgan fingerprint density at radius 3 is 2.31 bits per heavy atom. The number of hydrogen-bond acceptors (Lipinski definition) is 1. The van der Waals surface area contributed by atoms with E-state index in [1.165, 1.54) is 55.4 Å². The number of para-hydroxylation sites is 2. The van der Waals surface area contributed by atoms with Gasteiger partial charge in [-0.15, -0.1) is 0 Å². The summed E-state index contributed by atoms with van der Waals surface area (Å²) in [7, 11) is 0. The van der Waals surface area contributed by atoms with Crippen LogP contribution in [-0.2, 0) is 6.42 Å². The van der Waals surface area contributed by atoms with Gasteiger partial charge in [0, 0.05) is 40.8 Å². The average Bonchev–Trinajstić information content (AvgIpc) is 3.47. The second-order valence-corrected chi connectivity index (χ2v) is 9.64. The monoisotopic (exact) mass is 452 g/mol. The molecule has 0 radical (unpaired) electrons. The highest BCUT2D eigenvalue weighted by Gasteiger charge is 2.28. The Balaban J connectivity index is 1.56. The summed E-state index contributed by atoms with van der Waals surface area (Å²) in [5.74, 6) is 0. The molecule has 2 heterocycles. The lowest BCUT2D eigenvalue weighted by molar-refractivity contribution is 0.876. The van der Waals surface area contributed by atoms with E-state index < -0.39 is 0 Å². The van der Waals surface area contributed by atoms with E-state index in [0.717, 1.165) is 32.4 Å². The van der Waals surface area contributed by atoms with E-state index in [-0.39, 0.29) is 0 Å². The van der Waals surface area contributed by atoms with E-state index in [0.29, 0.717) is 0 Å². The largest absolute Gasteiger partial charge is 0.366 e. The zero-order chi connectivity index (χ0) is 23.2. The van der Waals surface area contributed by atoms with E-state index in [2.05, 4.69) is 119 Å². The molecule has 0 saturated carbocycles. The fraction of sp³-hybridized carbons (Fsp3) is 0.152. The van der Waals surface area contributed by atoms with Gasteiger partial charge < -0.3 is 9.47 Å². The number of nitrogens with zero attached hydrogens (tertiary/aromatic N) is 2. The Kier molecular flexibility index (Phi) is 4.84. The minimum Gasteiger partial charge on any atom is -0.366 e. The van der Waals surface area contributed by atoms with Gasteiger partial charge in [0.15, 0.2) is 0 Å². The van der Waals surface area contributed by atoms with Crippen molar-refractivity contribution in [3.8, 4) is 16.8 Å². The second kappa shape index (κ2) is 8.32. The highest BCUT2D eigenvalue weighted by molar-refractivity contribution is 6.19. The fourth-order valence-electron chi connectivity index (χ4n) is 5.99. The van der Waals surface area contributed by atoms with E-state index in [1.807, 2.05) is 0 Å². The first-order valence-corrected chi connectivity index (χ1v) is 12.7. The van der Waals surface area contributed by atoms with E-state index in [9.17, 15) is 0 Å². The Bertz CT molecular complexity index is 1600. The van der Waals surface area contributed by atoms with Gasteiger partial charge in [-0.2, -0.15) is 0 Å². The molecule has 0 saturated heterocycles. The topological polar surface area (TPSA) is 8.17 Å². The van der Waals surface area contributed by atoms with Gasteiger partial charge in [-0.1, -0.05) is 85.0 Å². The van der Waals surface area contributed by atoms with E-state index >= 15 is 0 Å². The van der Waals surface area contributed by atoms with Crippen LogP contribution in [0.4, 0.5) is 5.69 Å². The summed E-state index contributed by atoms with van der Waals surface area (Å²) in [6.07, 6.45) is 10.5. The van der Waals surface area contributed by atoms with Crippen LogP contribution < -0.4 is 4.90 Å². The molecule has 1 aliphatic heterocycles. The molecule has 1 aromatic heterocycles. The van der Waals surface area contributed by atoms with Crippen LogP contribution >= 0.6 is 0 Å². The molecule has 2 aliphatic rings. The third-order valence-electron chi connectivity index (χ3n) is 7.50. The molecule has 0 fully saturated rings. The molecule has 0 bridgehead atoms. The van der Waals surface area contributed by atoms with Crippen molar-refractivity contribution in [2.24, 2.45) is 0 Å². The zero-order valence-electron chi connectivity index (χ0n) is 19.8. The van der Waals surface area contributed by atoms with Crippen molar-refractivity contribution < 1.29 is 0 Å². The maximum absolute atomic E-state index is 2.62. The molecule has 0 unspecified atom stereocenters. The highest BCUT2D eigenvalue weighted by atomic mass is 15.2. The molecule has 35 heavy (non-hydrogen) atoms. The van der Waals surface area contributed by atoms with Crippen molar-refractivity contribution in [3.05, 3.63) is 120 Å². The van der Waals surface area contributed by atoms with E-state index in [4.69, 9.17) is 0 Å². The first kappa shape index (κ1) is 20.3. The lowest BCUT2D eigenvalue weighted by Gasteiger charge is -2.25. The predicted octanol–water partition coefficient (Wildman–Crippen LogP) is 8.09. The van der Waals surface area contributed by atoms with Gasteiger partial charge in [0.1, 0.15) is 0 Å². The van der Waals surface area contributed by atoms with Crippen LogP contribution in [0.15, 0.2) is 115 Å². The van der Waals surface area contributed by atoms with Crippen LogP contribution in [0.3, 0.4) is 0 Å². The summed E-state index contributed by atoms with van der Waals surface area (Å²) in [5, 5.41) is 2.67. The molecular weight excluding hydrogens is 424 g/mol. The van der Waals surface area contributed by atoms with Crippen molar-refractivity contribution in [1.29, 1.82) is 0 Å². The smallest absolute Gasteiger partial charge is 0.0551 e. The minimum absolute atomic E-state index is 0.978. The van der Waals surface area contributed by atoms with Crippen LogP contribution in [0, 0.1) is 0 Å². The van der Waals surface area contributed by atoms with Gasteiger partial charge in [-0.3, -0.25) is 0 Å². The van der Waals surface area contributed by atoms with Crippen LogP contribution in [0.1, 0.15) is 18.4 Å². The Morgan fingerprint density at radius 2 is 1.51 bits per heavy atom. The van der Waals surface area contributed by atoms with Crippen molar-refractivity contribution in [3.63, 3.8) is 0 Å². The van der Waals surface area contributed by atoms with E-state index in [1.54, 1.807) is 0 Å². The molecule has 5 aromatic rings. The van der Waals surface area contributed by atoms with Crippen molar-refractivity contribution in [2.45, 2.75) is 19.3 Å². The number of aromatic nitrogens is 1. The maximum Gasteiger partial charge on any atom is 0.0551 e. The lowest BCUT2D eigenvalue weighted by atomic mass is 9.94. The van der Waals surface area contributed by atoms with Gasteiger partial charge in [0.05, 0.1) is 11.0 Å². The standard InChI is InChI=1S/C33H28N2/c1-4-12-24(13-5-1)23-34-21-20-26-22-30-32(31(33(26)34)25-14-6-2-7-15-25)28-18-10-11-19-29(28)35(30)27-16-8-3-9-17-27/h2-4,6-19,22H,1,5,20-21,23H2. The second-order valence-electron chi connectivity index (χ2n) is 9.64. The molecule has 0 spiro atoms. The number of hydrogen-bond donors (Lipinski definition) is 0. The third-order valence-corrected chi connectivity index (χ3v) is 7.50. The lowest BCUT2D eigenvalue weighted by Crippen LogP contribution is -2.23. The SMILES string of the molecule is C1=CC(CN2CCc3cc4c(c(-c5ccccc5)c32)c2ccccc2n4-c2ccccc2)=CCC1. The van der Waals surface area contributed by atoms with Crippen molar-refractivity contribution >= 4 is 27.5 Å². The summed E-state index contributed by atoms with van der Waals surface area (Å²) in [6, 6.07) is 33.2. The molecule has 7 rings (SSSR count). The van der Waals surface area contributed by atoms with Gasteiger partial charge in [0.25, 0.3) is 0 Å². The number of benzene rings is 4. The number of fused-ring (bicyclic) bond motifs is 4. The zero-order valence-corrected chi connectivity index (χ0v) is 19.8. The van der Waals surface area contributed by atoms with Crippen molar-refractivity contribution in [2.75, 3.05) is 18.0 Å². The highest BCUT2D eigenvalue weighted by Crippen LogP contribution is 2.47. The van der Waals surface area contributed by atoms with Gasteiger partial charge in [-0.25, -0.2) is 0 Å². The van der Waals surface area contributed by atoms with Crippen LogP contribution in [0.25, 0.3) is 38.6 Å². The molecular formula is C33H28N2. The molecule has 170 valence electrons. The van der Waals surface area contributed by atoms with Crippen LogP contribution in [-0.4, -0.2) is 17.7 Å². The van der Waals surface area contributed by atoms with Gasteiger partial charge in [-0.05, 0) is 60.2 Å². The summed E-state index contributed by atoms with van der Waals surface area (Å²) in [4.78, 5) is 2.62. The quantitative estimate of drug-likeness (QED) is 0.267. The average molecular weight is 453 g/mol. The molecule has 2 heteroatoms. The summed E-state index contributed by atoms with van der Waals surface area (Å²) in [5.41, 5.74) is 10.8. The molecule has 4 aromatic carbocycles. The van der Waals surface area contributed by atoms with Gasteiger partial charge in [0.2, 0.25) is 0 Å². The Morgan fingerprint density at radius 1 is 0.743 bits per heavy atom. The normalized spacial score (nSPS) is 15.1. The first-order valence-electron chi connectivity index (χ1n) is 12.7. The molecule has 1 aliphatic carbocycles. The molecule has 0 N–H and O–H groups in total. The Hall–Kier alpha value is -4.04. The predicted molar refractivity (Wildman–Crippen MR) is 149 cm³/mol. The molecule has 2 nitrogen and oxygen atoms in total. The number of allylic oxidation sites excluding steroid dienone is 2. The summed E-state index contributed by atoms with van der Waals surface area (Å²) in [6.45, 7) is 2.04. The number of rotatable bonds is 4. The first-order chi connectivity index (χ1) is 17.4. The molecule has 0 amide bonds. The maximum atomic E-state index is 2.62. The van der Waals surface area contributed by atoms with Crippen molar-refractivity contribution in [1.82, 2.24) is 4.57 Å². The van der Waals surface area contributed by atoms with Crippen LogP contribution in [0.5, 0.6) is 0 Å². The fourth-order valence-corrected chi connectivity index (χ4v) is 5.99. The summed E-state index contributed by atoms with van der Waals surface area (Å²) < 4.78 is 2.45. The minimum atomic E-state index is 0.978.